The molecule has 4 aliphatic rings. The first kappa shape index (κ1) is 41.4. The molecule has 2 aromatic heterocycles. The second kappa shape index (κ2) is 14.5. The summed E-state index contributed by atoms with van der Waals surface area (Å²) in [6, 6.07) is 6.06. The number of Topliss-reactive ketones (excluding diaryl/α,β-unsaturated/α-hetero) is 1. The number of carbonyl (C=O) groups is 4. The summed E-state index contributed by atoms with van der Waals surface area (Å²) in [4.78, 5) is 72.9. The highest BCUT2D eigenvalue weighted by Crippen LogP contribution is 2.46. The summed E-state index contributed by atoms with van der Waals surface area (Å²) in [5.41, 5.74) is -0.0103. The van der Waals surface area contributed by atoms with E-state index in [9.17, 15) is 45.5 Å². The van der Waals surface area contributed by atoms with E-state index in [1.54, 1.807) is 13.8 Å². The number of aromatic amines is 2. The van der Waals surface area contributed by atoms with Crippen LogP contribution in [-0.4, -0.2) is 55.5 Å². The van der Waals surface area contributed by atoms with Crippen LogP contribution >= 0.6 is 0 Å². The van der Waals surface area contributed by atoms with Crippen molar-refractivity contribution < 1.29 is 50.3 Å². The molecule has 1 unspecified atom stereocenters. The van der Waals surface area contributed by atoms with Gasteiger partial charge in [-0.25, -0.2) is 9.97 Å². The van der Waals surface area contributed by atoms with Crippen LogP contribution in [0.5, 0.6) is 0 Å². The maximum Gasteiger partial charge on any atom is 0.416 e. The Labute approximate surface area is 334 Å². The Morgan fingerprint density at radius 2 is 1.51 bits per heavy atom. The van der Waals surface area contributed by atoms with Gasteiger partial charge < -0.3 is 14.7 Å². The monoisotopic (exact) mass is 821 g/mol. The maximum atomic E-state index is 14.9. The number of aromatic nitrogens is 4. The van der Waals surface area contributed by atoms with Gasteiger partial charge in [-0.05, 0) is 98.7 Å². The first-order valence-corrected chi connectivity index (χ1v) is 19.2. The van der Waals surface area contributed by atoms with Gasteiger partial charge >= 0.3 is 18.3 Å². The average Bonchev–Trinajstić information content (AvgIpc) is 3.84. The number of amides is 2. The fourth-order valence-corrected chi connectivity index (χ4v) is 8.46. The van der Waals surface area contributed by atoms with E-state index in [0.717, 1.165) is 11.1 Å². The lowest BCUT2D eigenvalue weighted by atomic mass is 9.80. The maximum absolute atomic E-state index is 14.9. The summed E-state index contributed by atoms with van der Waals surface area (Å²) in [5.74, 6) is -3.80. The molecule has 0 saturated carbocycles. The van der Waals surface area contributed by atoms with Crippen LogP contribution in [0.3, 0.4) is 0 Å². The minimum absolute atomic E-state index is 0.0269. The summed E-state index contributed by atoms with van der Waals surface area (Å²) in [6.45, 7) is 10.1. The third-order valence-corrected chi connectivity index (χ3v) is 12.2. The van der Waals surface area contributed by atoms with E-state index >= 15 is 0 Å². The average molecular weight is 822 g/mol. The predicted molar refractivity (Wildman–Crippen MR) is 205 cm³/mol. The number of H-pyrrole nitrogens is 2. The van der Waals surface area contributed by atoms with Crippen molar-refractivity contribution in [2.75, 3.05) is 7.11 Å². The van der Waals surface area contributed by atoms with Crippen LogP contribution in [0.2, 0.25) is 0 Å². The smallest absolute Gasteiger partial charge is 0.416 e. The Morgan fingerprint density at radius 3 is 2.10 bits per heavy atom. The number of methoxy groups -OCH3 is 1. The zero-order valence-electron chi connectivity index (χ0n) is 33.3. The number of fused-ring (bicyclic) bond motifs is 8. The van der Waals surface area contributed by atoms with Gasteiger partial charge in [0.15, 0.2) is 5.78 Å². The van der Waals surface area contributed by atoms with E-state index < -0.39 is 70.6 Å². The van der Waals surface area contributed by atoms with Crippen LogP contribution in [-0.2, 0) is 33.8 Å². The van der Waals surface area contributed by atoms with E-state index in [0.29, 0.717) is 52.6 Å². The number of hydrogen-bond donors (Lipinski definition) is 2. The van der Waals surface area contributed by atoms with E-state index in [4.69, 9.17) is 14.7 Å². The lowest BCUT2D eigenvalue weighted by molar-refractivity contribution is -0.143. The van der Waals surface area contributed by atoms with Gasteiger partial charge in [0.2, 0.25) is 0 Å². The highest BCUT2D eigenvalue weighted by Gasteiger charge is 2.44. The van der Waals surface area contributed by atoms with Crippen LogP contribution < -0.4 is 0 Å². The molecule has 3 aromatic rings. The summed E-state index contributed by atoms with van der Waals surface area (Å²) < 4.78 is 88.5. The van der Waals surface area contributed by atoms with Crippen LogP contribution in [0.15, 0.2) is 36.4 Å². The molecule has 0 aliphatic carbocycles. The number of aryl methyl sites for hydroxylation is 1. The SMILES string of the molecule is CCC1=C(C)c2cc3[nH]c(c4c5[nH]c(cc6nc(cc1n2)C(C)(CC)C6=O)c(C)c5C(=O)N(Cc1cc(C(F)(F)F)cc(C(F)(F)F)c1)C4=O)[C@@H](CCC(=O)OC)[C@@H]3C. The van der Waals surface area contributed by atoms with Crippen molar-refractivity contribution in [1.29, 1.82) is 0 Å². The van der Waals surface area contributed by atoms with E-state index in [2.05, 4.69) is 9.97 Å². The standard InChI is InChI=1S/C43H41F6N5O5/c1-8-25-19(3)27-15-28-20(4)26(10-11-33(55)59-7)36(52-28)35-37-34(21(5)29(53-37)16-31-38(56)41(6,9-2)32(51-31)17-30(25)50-27)39(57)54(40(35)58)18-22-12-23(42(44,45)46)14-24(13-22)43(47,48)49/h12-17,20,26,52-53H,8-11,18H2,1-7H3/t20-,26-,41?/m0/s1. The van der Waals surface area contributed by atoms with Gasteiger partial charge in [-0.15, -0.1) is 0 Å². The van der Waals surface area contributed by atoms with Gasteiger partial charge in [-0.3, -0.25) is 24.1 Å². The fraction of sp³-hybridized carbons (Fsp3) is 0.395. The van der Waals surface area contributed by atoms with E-state index in [1.165, 1.54) is 13.2 Å². The number of nitrogens with zero attached hydrogens (tertiary/aromatic N) is 3. The molecule has 3 atom stereocenters. The Bertz CT molecular complexity index is 2550. The molecular weight excluding hydrogens is 780 g/mol. The Morgan fingerprint density at radius 1 is 0.864 bits per heavy atom. The van der Waals surface area contributed by atoms with E-state index in [1.807, 2.05) is 39.8 Å². The number of carbonyl (C=O) groups excluding carboxylic acids is 4. The van der Waals surface area contributed by atoms with Crippen molar-refractivity contribution in [2.45, 2.75) is 103 Å². The number of hydrogen-bond acceptors (Lipinski definition) is 7. The third kappa shape index (κ3) is 6.89. The number of esters is 1. The largest absolute Gasteiger partial charge is 0.469 e. The molecule has 2 amide bonds. The van der Waals surface area contributed by atoms with Crippen LogP contribution in [0, 0.1) is 6.92 Å². The van der Waals surface area contributed by atoms with Gasteiger partial charge in [-0.1, -0.05) is 20.8 Å². The molecule has 16 heteroatoms. The topological polar surface area (TPSA) is 138 Å². The summed E-state index contributed by atoms with van der Waals surface area (Å²) >= 11 is 0. The lowest BCUT2D eigenvalue weighted by Crippen LogP contribution is -2.40. The van der Waals surface area contributed by atoms with Crippen molar-refractivity contribution in [2.24, 2.45) is 0 Å². The number of ketones is 1. The predicted octanol–water partition coefficient (Wildman–Crippen LogP) is 9.91. The molecular formula is C43H41F6N5O5. The molecule has 0 radical (unpaired) electrons. The Balaban J connectivity index is 1.57. The normalized spacial score (nSPS) is 20.1. The fourth-order valence-electron chi connectivity index (χ4n) is 8.46. The number of allylic oxidation sites excluding steroid dienone is 2. The number of alkyl halides is 6. The van der Waals surface area contributed by atoms with Crippen molar-refractivity contribution in [3.63, 3.8) is 0 Å². The number of imide groups is 1. The molecule has 4 aliphatic heterocycles. The molecule has 0 fully saturated rings. The third-order valence-electron chi connectivity index (χ3n) is 12.2. The molecule has 59 heavy (non-hydrogen) atoms. The van der Waals surface area contributed by atoms with Gasteiger partial charge in [-0.2, -0.15) is 26.3 Å². The molecule has 0 spiro atoms. The van der Waals surface area contributed by atoms with Gasteiger partial charge in [0, 0.05) is 35.2 Å². The molecule has 8 bridgehead atoms. The quantitative estimate of drug-likeness (QED) is 0.138. The molecule has 0 saturated heterocycles. The highest BCUT2D eigenvalue weighted by molar-refractivity contribution is 6.23. The zero-order chi connectivity index (χ0) is 43.1. The Kier molecular flexibility index (Phi) is 10.2. The second-order valence-corrected chi connectivity index (χ2v) is 15.6. The minimum Gasteiger partial charge on any atom is -0.469 e. The molecule has 10 nitrogen and oxygen atoms in total. The van der Waals surface area contributed by atoms with Gasteiger partial charge in [0.05, 0.1) is 63.9 Å². The number of benzene rings is 1. The summed E-state index contributed by atoms with van der Waals surface area (Å²) in [7, 11) is 1.24. The number of rotatable bonds is 7. The minimum atomic E-state index is -5.17. The number of ether oxygens (including phenoxy) is 1. The lowest BCUT2D eigenvalue weighted by Gasteiger charge is -2.28. The van der Waals surface area contributed by atoms with Crippen LogP contribution in [0.4, 0.5) is 26.3 Å². The molecule has 2 N–H and O–H groups in total. The molecule has 310 valence electrons. The van der Waals surface area contributed by atoms with E-state index in [-0.39, 0.29) is 63.8 Å². The molecule has 6 heterocycles. The van der Waals surface area contributed by atoms with Crippen LogP contribution in [0.25, 0.3) is 22.2 Å². The summed E-state index contributed by atoms with van der Waals surface area (Å²) in [5, 5.41) is 0. The van der Waals surface area contributed by atoms with Crippen LogP contribution in [0.1, 0.15) is 154 Å². The molecule has 1 aromatic carbocycles. The first-order chi connectivity index (χ1) is 27.6. The van der Waals surface area contributed by atoms with Gasteiger partial charge in [0.25, 0.3) is 11.8 Å². The van der Waals surface area contributed by atoms with Crippen molar-refractivity contribution in [1.82, 2.24) is 24.8 Å². The number of nitrogens with one attached hydrogen (secondary N) is 2. The second-order valence-electron chi connectivity index (χ2n) is 15.6. The first-order valence-electron chi connectivity index (χ1n) is 19.2. The Hall–Kier alpha value is -5.80. The number of halogens is 6. The van der Waals surface area contributed by atoms with Crippen molar-refractivity contribution >= 4 is 45.7 Å². The zero-order valence-corrected chi connectivity index (χ0v) is 33.3. The molecule has 7 rings (SSSR count). The van der Waals surface area contributed by atoms with Gasteiger partial charge in [0.1, 0.15) is 5.69 Å². The highest BCUT2D eigenvalue weighted by atomic mass is 19.4. The summed E-state index contributed by atoms with van der Waals surface area (Å²) in [6.07, 6.45) is -9.26. The van der Waals surface area contributed by atoms with Crippen molar-refractivity contribution in [3.05, 3.63) is 104 Å². The van der Waals surface area contributed by atoms with Crippen molar-refractivity contribution in [3.8, 4) is 0 Å².